The summed E-state index contributed by atoms with van der Waals surface area (Å²) in [6.07, 6.45) is -0.309. The van der Waals surface area contributed by atoms with E-state index in [2.05, 4.69) is 0 Å². The van der Waals surface area contributed by atoms with Gasteiger partial charge in [0.15, 0.2) is 5.78 Å². The lowest BCUT2D eigenvalue weighted by molar-refractivity contribution is -0.139. The summed E-state index contributed by atoms with van der Waals surface area (Å²) in [7, 11) is 0. The molecule has 0 spiro atoms. The number of nitrogens with two attached hydrogens (primary N) is 1. The smallest absolute Gasteiger partial charge is 0.320 e. The van der Waals surface area contributed by atoms with E-state index in [1.165, 1.54) is 12.1 Å². The van der Waals surface area contributed by atoms with Crippen molar-refractivity contribution in [2.24, 2.45) is 5.73 Å². The highest BCUT2D eigenvalue weighted by Crippen LogP contribution is 2.25. The Morgan fingerprint density at radius 2 is 1.88 bits per heavy atom. The van der Waals surface area contributed by atoms with Crippen molar-refractivity contribution >= 4 is 24.0 Å². The van der Waals surface area contributed by atoms with E-state index >= 15 is 0 Å². The van der Waals surface area contributed by atoms with Crippen molar-refractivity contribution in [1.29, 1.82) is 0 Å². The van der Waals surface area contributed by atoms with Crippen LogP contribution in [-0.4, -0.2) is 51.0 Å². The Bertz CT molecular complexity index is 677. The van der Waals surface area contributed by atoms with Crippen molar-refractivity contribution < 1.29 is 34.6 Å². The molecule has 0 amide bonds. The summed E-state index contributed by atoms with van der Waals surface area (Å²) in [5.41, 5.74) is 6.18. The zero-order valence-electron chi connectivity index (χ0n) is 14.1. The van der Waals surface area contributed by atoms with Gasteiger partial charge in [0.25, 0.3) is 0 Å². The Labute approximate surface area is 149 Å². The predicted octanol–water partition coefficient (Wildman–Crippen LogP) is 0.385. The monoisotopic (exact) mass is 366 g/mol. The van der Waals surface area contributed by atoms with Crippen LogP contribution in [0.5, 0.6) is 0 Å². The van der Waals surface area contributed by atoms with E-state index < -0.39 is 29.3 Å². The molecule has 0 bridgehead atoms. The number of ketones is 1. The Morgan fingerprint density at radius 3 is 2.42 bits per heavy atom. The molecular formula is C17H22N2O7. The van der Waals surface area contributed by atoms with E-state index in [1.54, 1.807) is 12.1 Å². The molecule has 9 nitrogen and oxygen atoms in total. The van der Waals surface area contributed by atoms with Crippen molar-refractivity contribution in [2.75, 3.05) is 0 Å². The molecule has 1 aromatic rings. The van der Waals surface area contributed by atoms with Crippen LogP contribution in [0.4, 0.5) is 0 Å². The number of aliphatic carboxylic acids is 2. The highest BCUT2D eigenvalue weighted by Gasteiger charge is 2.39. The summed E-state index contributed by atoms with van der Waals surface area (Å²) >= 11 is 0. The van der Waals surface area contributed by atoms with Crippen LogP contribution in [0, 0.1) is 0 Å². The SMILES string of the molecule is N[C@@H](Cc1ccccc1C(=O)[C@](CC=O)(CCCC(=O)O)NO)C(=O)O. The maximum atomic E-state index is 13.0. The van der Waals surface area contributed by atoms with Gasteiger partial charge in [-0.3, -0.25) is 14.4 Å². The molecular weight excluding hydrogens is 344 g/mol. The maximum absolute atomic E-state index is 13.0. The maximum Gasteiger partial charge on any atom is 0.320 e. The molecule has 0 unspecified atom stereocenters. The van der Waals surface area contributed by atoms with Crippen LogP contribution in [0.15, 0.2) is 24.3 Å². The topological polar surface area (TPSA) is 167 Å². The minimum atomic E-state index is -1.69. The Balaban J connectivity index is 3.20. The summed E-state index contributed by atoms with van der Waals surface area (Å²) in [6.45, 7) is 0. The molecule has 9 heteroatoms. The number of carboxylic acids is 2. The van der Waals surface area contributed by atoms with Crippen molar-refractivity contribution in [3.63, 3.8) is 0 Å². The second-order valence-electron chi connectivity index (χ2n) is 5.95. The molecule has 0 saturated carbocycles. The average molecular weight is 366 g/mol. The largest absolute Gasteiger partial charge is 0.481 e. The second-order valence-corrected chi connectivity index (χ2v) is 5.95. The van der Waals surface area contributed by atoms with Crippen LogP contribution in [0.25, 0.3) is 0 Å². The van der Waals surface area contributed by atoms with Crippen LogP contribution in [0.1, 0.15) is 41.6 Å². The number of carbonyl (C=O) groups is 4. The summed E-state index contributed by atoms with van der Waals surface area (Å²) in [5, 5.41) is 27.3. The van der Waals surface area contributed by atoms with Gasteiger partial charge in [0, 0.05) is 18.4 Å². The third-order valence-electron chi connectivity index (χ3n) is 4.09. The molecule has 1 rings (SSSR count). The van der Waals surface area contributed by atoms with Gasteiger partial charge in [-0.25, -0.2) is 0 Å². The number of carboxylic acid groups (broad SMARTS) is 2. The van der Waals surface area contributed by atoms with Crippen LogP contribution in [-0.2, 0) is 20.8 Å². The van der Waals surface area contributed by atoms with Gasteiger partial charge >= 0.3 is 11.9 Å². The number of aldehydes is 1. The van der Waals surface area contributed by atoms with Crippen molar-refractivity contribution in [1.82, 2.24) is 5.48 Å². The third kappa shape index (κ3) is 5.45. The predicted molar refractivity (Wildman–Crippen MR) is 89.9 cm³/mol. The van der Waals surface area contributed by atoms with Crippen molar-refractivity contribution in [2.45, 2.75) is 43.7 Å². The first-order valence-corrected chi connectivity index (χ1v) is 7.95. The number of Topliss-reactive ketones (excluding diaryl/α,β-unsaturated/α-hetero) is 1. The molecule has 0 fully saturated rings. The fourth-order valence-corrected chi connectivity index (χ4v) is 2.65. The lowest BCUT2D eigenvalue weighted by Gasteiger charge is -2.30. The standard InChI is InChI=1S/C17H22N2O7/c18-13(16(24)25)10-11-4-1-2-5-12(11)15(23)17(19-26,8-9-20)7-3-6-14(21)22/h1-2,4-5,9,13,19,26H,3,6-8,10,18H2,(H,21,22)(H,24,25)/t13-,17+/m0/s1. The second kappa shape index (κ2) is 9.76. The highest BCUT2D eigenvalue weighted by atomic mass is 16.5. The normalized spacial score (nSPS) is 14.2. The Kier molecular flexibility index (Phi) is 8.04. The fourth-order valence-electron chi connectivity index (χ4n) is 2.65. The Morgan fingerprint density at radius 1 is 1.23 bits per heavy atom. The molecule has 2 atom stereocenters. The fraction of sp³-hybridized carbons (Fsp3) is 0.412. The van der Waals surface area contributed by atoms with Crippen molar-refractivity contribution in [3.05, 3.63) is 35.4 Å². The van der Waals surface area contributed by atoms with Crippen LogP contribution < -0.4 is 11.2 Å². The van der Waals surface area contributed by atoms with Crippen LogP contribution in [0.2, 0.25) is 0 Å². The first kappa shape index (κ1) is 21.4. The van der Waals surface area contributed by atoms with E-state index in [9.17, 15) is 24.4 Å². The van der Waals surface area contributed by atoms with Gasteiger partial charge in [0.2, 0.25) is 0 Å². The minimum Gasteiger partial charge on any atom is -0.481 e. The lowest BCUT2D eigenvalue weighted by atomic mass is 9.81. The molecule has 6 N–H and O–H groups in total. The van der Waals surface area contributed by atoms with Gasteiger partial charge in [-0.15, -0.1) is 0 Å². The molecule has 0 aliphatic heterocycles. The lowest BCUT2D eigenvalue weighted by Crippen LogP contribution is -2.51. The summed E-state index contributed by atoms with van der Waals surface area (Å²) in [4.78, 5) is 45.8. The van der Waals surface area contributed by atoms with Crippen LogP contribution in [0.3, 0.4) is 0 Å². The van der Waals surface area contributed by atoms with Gasteiger partial charge in [-0.2, -0.15) is 5.48 Å². The number of benzene rings is 1. The molecule has 0 heterocycles. The summed E-state index contributed by atoms with van der Waals surface area (Å²) < 4.78 is 0. The van der Waals surface area contributed by atoms with Crippen LogP contribution >= 0.6 is 0 Å². The van der Waals surface area contributed by atoms with Gasteiger partial charge in [-0.05, 0) is 24.8 Å². The Hall–Kier alpha value is -2.62. The summed E-state index contributed by atoms with van der Waals surface area (Å²) in [5.74, 6) is -2.93. The van der Waals surface area contributed by atoms with Gasteiger partial charge in [0.05, 0.1) is 0 Å². The molecule has 0 saturated heterocycles. The number of rotatable bonds is 12. The summed E-state index contributed by atoms with van der Waals surface area (Å²) in [6, 6.07) is 4.93. The number of hydrogen-bond donors (Lipinski definition) is 5. The van der Waals surface area contributed by atoms with Gasteiger partial charge in [-0.1, -0.05) is 24.3 Å². The average Bonchev–Trinajstić information content (AvgIpc) is 2.60. The number of carbonyl (C=O) groups excluding carboxylic acids is 2. The van der Waals surface area contributed by atoms with E-state index in [0.717, 1.165) is 0 Å². The zero-order valence-corrected chi connectivity index (χ0v) is 14.1. The molecule has 0 aliphatic carbocycles. The van der Waals surface area contributed by atoms with E-state index in [4.69, 9.17) is 15.9 Å². The molecule has 0 radical (unpaired) electrons. The molecule has 26 heavy (non-hydrogen) atoms. The van der Waals surface area contributed by atoms with Gasteiger partial charge < -0.3 is 25.9 Å². The number of hydrogen-bond acceptors (Lipinski definition) is 7. The quantitative estimate of drug-likeness (QED) is 0.199. The first-order valence-electron chi connectivity index (χ1n) is 7.95. The van der Waals surface area contributed by atoms with Crippen molar-refractivity contribution in [3.8, 4) is 0 Å². The zero-order chi connectivity index (χ0) is 19.7. The molecule has 0 aromatic heterocycles. The third-order valence-corrected chi connectivity index (χ3v) is 4.09. The van der Waals surface area contributed by atoms with E-state index in [0.29, 0.717) is 11.8 Å². The van der Waals surface area contributed by atoms with Gasteiger partial charge in [0.1, 0.15) is 17.9 Å². The number of nitrogens with one attached hydrogen (secondary N) is 1. The van der Waals surface area contributed by atoms with E-state index in [-0.39, 0.29) is 37.7 Å². The highest BCUT2D eigenvalue weighted by molar-refractivity contribution is 6.05. The first-order chi connectivity index (χ1) is 12.3. The number of hydroxylamine groups is 1. The van der Waals surface area contributed by atoms with E-state index in [1.807, 2.05) is 5.48 Å². The molecule has 142 valence electrons. The minimum absolute atomic E-state index is 0.0548. The molecule has 1 aromatic carbocycles. The molecule has 0 aliphatic rings.